The molecule has 1 N–H and O–H groups in total. The first-order chi connectivity index (χ1) is 12.0. The molecule has 0 aliphatic carbocycles. The van der Waals surface area contributed by atoms with Crippen LogP contribution in [-0.4, -0.2) is 49.5 Å². The number of methoxy groups -OCH3 is 1. The molecule has 4 heteroatoms. The molecule has 136 valence electrons. The summed E-state index contributed by atoms with van der Waals surface area (Å²) in [5.41, 5.74) is 2.45. The Kier molecular flexibility index (Phi) is 7.29. The first-order valence-corrected chi connectivity index (χ1v) is 8.68. The smallest absolute Gasteiger partial charge is 0.119 e. The van der Waals surface area contributed by atoms with Crippen molar-refractivity contribution in [2.24, 2.45) is 0 Å². The fourth-order valence-electron chi connectivity index (χ4n) is 2.65. The van der Waals surface area contributed by atoms with Crippen LogP contribution >= 0.6 is 0 Å². The van der Waals surface area contributed by atoms with E-state index in [0.717, 1.165) is 17.9 Å². The number of rotatable bonds is 9. The second-order valence-electron chi connectivity index (χ2n) is 6.62. The fraction of sp³-hybridized carbons (Fsp3) is 0.429. The lowest BCUT2D eigenvalue weighted by Crippen LogP contribution is -2.39. The van der Waals surface area contributed by atoms with Crippen LogP contribution in [0.15, 0.2) is 48.5 Å². The van der Waals surface area contributed by atoms with Crippen molar-refractivity contribution in [3.8, 4) is 11.5 Å². The highest BCUT2D eigenvalue weighted by Gasteiger charge is 2.15. The third kappa shape index (κ3) is 6.40. The molecule has 0 heterocycles. The highest BCUT2D eigenvalue weighted by molar-refractivity contribution is 5.28. The first-order valence-electron chi connectivity index (χ1n) is 8.68. The quantitative estimate of drug-likeness (QED) is 0.758. The van der Waals surface area contributed by atoms with Crippen LogP contribution in [0.1, 0.15) is 18.1 Å². The molecule has 25 heavy (non-hydrogen) atoms. The molecule has 0 fully saturated rings. The summed E-state index contributed by atoms with van der Waals surface area (Å²) in [6, 6.07) is 16.3. The molecule has 0 aliphatic heterocycles. The van der Waals surface area contributed by atoms with Crippen LogP contribution < -0.4 is 9.47 Å². The van der Waals surface area contributed by atoms with E-state index < -0.39 is 6.10 Å². The average Bonchev–Trinajstić information content (AvgIpc) is 2.61. The Morgan fingerprint density at radius 1 is 1.00 bits per heavy atom. The van der Waals surface area contributed by atoms with Gasteiger partial charge >= 0.3 is 0 Å². The van der Waals surface area contributed by atoms with Crippen molar-refractivity contribution in [3.05, 3.63) is 59.7 Å². The normalized spacial score (nSPS) is 13.5. The molecule has 0 aromatic heterocycles. The van der Waals surface area contributed by atoms with Gasteiger partial charge in [-0.3, -0.25) is 0 Å². The summed E-state index contributed by atoms with van der Waals surface area (Å²) in [7, 11) is 3.70. The summed E-state index contributed by atoms with van der Waals surface area (Å²) in [6.45, 7) is 5.07. The van der Waals surface area contributed by atoms with Crippen LogP contribution in [0.25, 0.3) is 0 Å². The Labute approximate surface area is 151 Å². The second-order valence-corrected chi connectivity index (χ2v) is 6.62. The second kappa shape index (κ2) is 9.44. The third-order valence-corrected chi connectivity index (χ3v) is 4.40. The number of hydrogen-bond acceptors (Lipinski definition) is 4. The molecule has 0 bridgehead atoms. The largest absolute Gasteiger partial charge is 0.497 e. The lowest BCUT2D eigenvalue weighted by molar-refractivity contribution is 0.0655. The maximum atomic E-state index is 10.2. The Morgan fingerprint density at radius 2 is 1.60 bits per heavy atom. The molecule has 0 amide bonds. The number of likely N-dealkylation sites (N-methyl/N-ethyl adjacent to an activating group) is 1. The van der Waals surface area contributed by atoms with E-state index in [9.17, 15) is 5.11 Å². The Morgan fingerprint density at radius 3 is 2.20 bits per heavy atom. The standard InChI is InChI=1S/C21H29NO3/c1-16-5-9-21(10-6-16)25-15-19(23)14-22(3)17(2)13-18-7-11-20(24-4)12-8-18/h5-12,17,19,23H,13-15H2,1-4H3. The highest BCUT2D eigenvalue weighted by Crippen LogP contribution is 2.15. The minimum atomic E-state index is -0.523. The molecule has 2 atom stereocenters. The Balaban J connectivity index is 1.76. The number of ether oxygens (including phenoxy) is 2. The van der Waals surface area contributed by atoms with Gasteiger partial charge in [0.25, 0.3) is 0 Å². The van der Waals surface area contributed by atoms with E-state index in [1.54, 1.807) is 7.11 Å². The summed E-state index contributed by atoms with van der Waals surface area (Å²) < 4.78 is 10.8. The monoisotopic (exact) mass is 343 g/mol. The first kappa shape index (κ1) is 19.3. The van der Waals surface area contributed by atoms with Crippen molar-refractivity contribution in [1.29, 1.82) is 0 Å². The molecular weight excluding hydrogens is 314 g/mol. The third-order valence-electron chi connectivity index (χ3n) is 4.40. The van der Waals surface area contributed by atoms with Crippen LogP contribution in [0.4, 0.5) is 0 Å². The van der Waals surface area contributed by atoms with Gasteiger partial charge in [0, 0.05) is 12.6 Å². The van der Waals surface area contributed by atoms with Crippen molar-refractivity contribution in [1.82, 2.24) is 4.90 Å². The van der Waals surface area contributed by atoms with Gasteiger partial charge in [-0.1, -0.05) is 29.8 Å². The van der Waals surface area contributed by atoms with Gasteiger partial charge in [-0.2, -0.15) is 0 Å². The van der Waals surface area contributed by atoms with Crippen LogP contribution in [0.2, 0.25) is 0 Å². The number of benzene rings is 2. The van der Waals surface area contributed by atoms with Gasteiger partial charge in [0.1, 0.15) is 24.2 Å². The zero-order valence-electron chi connectivity index (χ0n) is 15.6. The summed E-state index contributed by atoms with van der Waals surface area (Å²) in [5.74, 6) is 1.66. The highest BCUT2D eigenvalue weighted by atomic mass is 16.5. The van der Waals surface area contributed by atoms with E-state index in [4.69, 9.17) is 9.47 Å². The van der Waals surface area contributed by atoms with Gasteiger partial charge in [-0.25, -0.2) is 0 Å². The number of aliphatic hydroxyl groups is 1. The Bertz CT molecular complexity index is 625. The lowest BCUT2D eigenvalue weighted by atomic mass is 10.1. The van der Waals surface area contributed by atoms with E-state index >= 15 is 0 Å². The molecule has 2 aromatic rings. The zero-order valence-corrected chi connectivity index (χ0v) is 15.6. The van der Waals surface area contributed by atoms with Gasteiger partial charge in [0.2, 0.25) is 0 Å². The summed E-state index contributed by atoms with van der Waals surface area (Å²) in [5, 5.41) is 10.2. The van der Waals surface area contributed by atoms with Gasteiger partial charge < -0.3 is 19.5 Å². The van der Waals surface area contributed by atoms with Gasteiger partial charge in [-0.15, -0.1) is 0 Å². The van der Waals surface area contributed by atoms with E-state index in [2.05, 4.69) is 24.0 Å². The maximum absolute atomic E-state index is 10.2. The van der Waals surface area contributed by atoms with Gasteiger partial charge in [0.05, 0.1) is 7.11 Å². The fourth-order valence-corrected chi connectivity index (χ4v) is 2.65. The minimum Gasteiger partial charge on any atom is -0.497 e. The van der Waals surface area contributed by atoms with Gasteiger partial charge in [0.15, 0.2) is 0 Å². The minimum absolute atomic E-state index is 0.294. The number of aryl methyl sites for hydroxylation is 1. The van der Waals surface area contributed by atoms with Gasteiger partial charge in [-0.05, 0) is 57.1 Å². The lowest BCUT2D eigenvalue weighted by Gasteiger charge is -2.27. The van der Waals surface area contributed by atoms with E-state index in [0.29, 0.717) is 19.2 Å². The Hall–Kier alpha value is -2.04. The van der Waals surface area contributed by atoms with Crippen LogP contribution in [-0.2, 0) is 6.42 Å². The predicted octanol–water partition coefficient (Wildman–Crippen LogP) is 3.31. The molecule has 0 radical (unpaired) electrons. The van der Waals surface area contributed by atoms with Crippen LogP contribution in [0.3, 0.4) is 0 Å². The van der Waals surface area contributed by atoms with Crippen molar-refractivity contribution in [2.45, 2.75) is 32.4 Å². The number of hydrogen-bond donors (Lipinski definition) is 1. The topological polar surface area (TPSA) is 41.9 Å². The van der Waals surface area contributed by atoms with E-state index in [-0.39, 0.29) is 0 Å². The average molecular weight is 343 g/mol. The van der Waals surface area contributed by atoms with E-state index in [1.165, 1.54) is 11.1 Å². The molecule has 2 aromatic carbocycles. The SMILES string of the molecule is COc1ccc(CC(C)N(C)CC(O)COc2ccc(C)cc2)cc1. The molecule has 0 saturated carbocycles. The molecule has 0 spiro atoms. The zero-order chi connectivity index (χ0) is 18.2. The molecule has 2 unspecified atom stereocenters. The molecule has 2 rings (SSSR count). The summed E-state index contributed by atoms with van der Waals surface area (Å²) in [6.07, 6.45) is 0.399. The molecule has 0 saturated heterocycles. The molecule has 4 nitrogen and oxygen atoms in total. The van der Waals surface area contributed by atoms with E-state index in [1.807, 2.05) is 50.4 Å². The molecule has 0 aliphatic rings. The summed E-state index contributed by atoms with van der Waals surface area (Å²) in [4.78, 5) is 2.16. The van der Waals surface area contributed by atoms with Crippen molar-refractivity contribution < 1.29 is 14.6 Å². The van der Waals surface area contributed by atoms with Crippen molar-refractivity contribution in [3.63, 3.8) is 0 Å². The maximum Gasteiger partial charge on any atom is 0.119 e. The predicted molar refractivity (Wildman–Crippen MR) is 101 cm³/mol. The van der Waals surface area contributed by atoms with Crippen LogP contribution in [0.5, 0.6) is 11.5 Å². The van der Waals surface area contributed by atoms with Crippen molar-refractivity contribution >= 4 is 0 Å². The summed E-state index contributed by atoms with van der Waals surface area (Å²) >= 11 is 0. The molecular formula is C21H29NO3. The number of nitrogens with zero attached hydrogens (tertiary/aromatic N) is 1. The van der Waals surface area contributed by atoms with Crippen molar-refractivity contribution in [2.75, 3.05) is 27.3 Å². The number of aliphatic hydroxyl groups excluding tert-OH is 1. The van der Waals surface area contributed by atoms with Crippen LogP contribution in [0, 0.1) is 6.92 Å².